The van der Waals surface area contributed by atoms with Crippen molar-refractivity contribution in [2.75, 3.05) is 31.1 Å². The Kier molecular flexibility index (Phi) is 5.02. The number of carbonyl (C=O) groups excluding carboxylic acids is 1. The molecule has 0 bridgehead atoms. The van der Waals surface area contributed by atoms with Gasteiger partial charge < -0.3 is 14.9 Å². The van der Waals surface area contributed by atoms with Crippen LogP contribution in [0.4, 0.5) is 5.82 Å². The molecule has 0 atom stereocenters. The van der Waals surface area contributed by atoms with Crippen LogP contribution in [-0.2, 0) is 9.59 Å². The number of rotatable bonds is 3. The number of amides is 1. The number of aryl methyl sites for hydroxylation is 1. The van der Waals surface area contributed by atoms with Gasteiger partial charge in [0.05, 0.1) is 5.92 Å². The predicted octanol–water partition coefficient (Wildman–Crippen LogP) is 1.93. The fourth-order valence-corrected chi connectivity index (χ4v) is 3.75. The van der Waals surface area contributed by atoms with E-state index in [0.29, 0.717) is 25.9 Å². The molecule has 3 rings (SSSR count). The van der Waals surface area contributed by atoms with Crippen LogP contribution in [0.3, 0.4) is 0 Å². The summed E-state index contributed by atoms with van der Waals surface area (Å²) in [5.74, 6) is 0.262. The van der Waals surface area contributed by atoms with Gasteiger partial charge >= 0.3 is 5.97 Å². The van der Waals surface area contributed by atoms with Crippen LogP contribution in [0, 0.1) is 18.8 Å². The monoisotopic (exact) mass is 331 g/mol. The summed E-state index contributed by atoms with van der Waals surface area (Å²) in [6.07, 6.45) is 4.65. The number of carboxylic acids is 1. The van der Waals surface area contributed by atoms with Crippen molar-refractivity contribution in [3.05, 3.63) is 23.9 Å². The van der Waals surface area contributed by atoms with Crippen molar-refractivity contribution in [1.29, 1.82) is 0 Å². The van der Waals surface area contributed by atoms with Crippen LogP contribution >= 0.6 is 0 Å². The molecule has 0 spiro atoms. The highest BCUT2D eigenvalue weighted by molar-refractivity contribution is 5.79. The molecule has 2 saturated heterocycles. The lowest BCUT2D eigenvalue weighted by molar-refractivity contribution is -0.147. The minimum atomic E-state index is -0.735. The lowest BCUT2D eigenvalue weighted by Gasteiger charge is -2.37. The van der Waals surface area contributed by atoms with E-state index >= 15 is 0 Å². The van der Waals surface area contributed by atoms with Crippen molar-refractivity contribution < 1.29 is 14.7 Å². The van der Waals surface area contributed by atoms with Crippen molar-refractivity contribution in [1.82, 2.24) is 9.88 Å². The third-order valence-corrected chi connectivity index (χ3v) is 5.28. The second-order valence-corrected chi connectivity index (χ2v) is 6.84. The van der Waals surface area contributed by atoms with E-state index in [9.17, 15) is 9.59 Å². The van der Waals surface area contributed by atoms with Crippen LogP contribution in [0.25, 0.3) is 0 Å². The normalized spacial score (nSPS) is 20.2. The Bertz CT molecular complexity index is 603. The van der Waals surface area contributed by atoms with Gasteiger partial charge in [0.25, 0.3) is 0 Å². The van der Waals surface area contributed by atoms with E-state index in [1.165, 1.54) is 0 Å². The van der Waals surface area contributed by atoms with Gasteiger partial charge in [0.15, 0.2) is 0 Å². The summed E-state index contributed by atoms with van der Waals surface area (Å²) in [6, 6.07) is 4.00. The first kappa shape index (κ1) is 16.7. The highest BCUT2D eigenvalue weighted by Gasteiger charge is 2.32. The molecule has 1 amide bonds. The van der Waals surface area contributed by atoms with E-state index in [1.54, 1.807) is 0 Å². The molecule has 2 aliphatic rings. The second kappa shape index (κ2) is 7.20. The number of pyridine rings is 1. The topological polar surface area (TPSA) is 73.7 Å². The Morgan fingerprint density at radius 3 is 2.29 bits per heavy atom. The standard InChI is InChI=1S/C18H25N3O3/c1-13-3-2-8-19-16(13)20-9-4-14(5-10-20)17(22)21-11-6-15(7-12-21)18(23)24/h2-3,8,14-15H,4-7,9-12H2,1H3,(H,23,24). The number of carboxylic acid groups (broad SMARTS) is 1. The zero-order valence-electron chi connectivity index (χ0n) is 14.1. The van der Waals surface area contributed by atoms with Gasteiger partial charge in [-0.25, -0.2) is 4.98 Å². The molecule has 1 N–H and O–H groups in total. The Hall–Kier alpha value is -2.11. The minimum Gasteiger partial charge on any atom is -0.481 e. The smallest absolute Gasteiger partial charge is 0.306 e. The van der Waals surface area contributed by atoms with Crippen molar-refractivity contribution in [2.45, 2.75) is 32.6 Å². The Labute approximate surface area is 142 Å². The zero-order valence-corrected chi connectivity index (χ0v) is 14.1. The molecule has 3 heterocycles. The summed E-state index contributed by atoms with van der Waals surface area (Å²) >= 11 is 0. The van der Waals surface area contributed by atoms with Crippen LogP contribution in [0.5, 0.6) is 0 Å². The first-order chi connectivity index (χ1) is 11.6. The van der Waals surface area contributed by atoms with Crippen molar-refractivity contribution in [3.63, 3.8) is 0 Å². The van der Waals surface area contributed by atoms with Gasteiger partial charge in [-0.05, 0) is 44.2 Å². The molecule has 0 radical (unpaired) electrons. The number of aliphatic carboxylic acids is 1. The van der Waals surface area contributed by atoms with Gasteiger partial charge in [-0.3, -0.25) is 9.59 Å². The molecule has 1 aromatic heterocycles. The SMILES string of the molecule is Cc1cccnc1N1CCC(C(=O)N2CCC(C(=O)O)CC2)CC1. The van der Waals surface area contributed by atoms with E-state index < -0.39 is 5.97 Å². The first-order valence-corrected chi connectivity index (χ1v) is 8.74. The van der Waals surface area contributed by atoms with Gasteiger partial charge in [-0.1, -0.05) is 6.07 Å². The molecule has 1 aromatic rings. The maximum atomic E-state index is 12.7. The van der Waals surface area contributed by atoms with E-state index in [2.05, 4.69) is 22.9 Å². The van der Waals surface area contributed by atoms with Crippen molar-refractivity contribution in [2.24, 2.45) is 11.8 Å². The molecule has 0 unspecified atom stereocenters. The molecule has 24 heavy (non-hydrogen) atoms. The number of hydrogen-bond donors (Lipinski definition) is 1. The van der Waals surface area contributed by atoms with Gasteiger partial charge in [-0.2, -0.15) is 0 Å². The molecule has 2 fully saturated rings. The Morgan fingerprint density at radius 1 is 1.08 bits per heavy atom. The summed E-state index contributed by atoms with van der Waals surface area (Å²) in [4.78, 5) is 32.3. The highest BCUT2D eigenvalue weighted by atomic mass is 16.4. The average Bonchev–Trinajstić information content (AvgIpc) is 2.62. The summed E-state index contributed by atoms with van der Waals surface area (Å²) in [5, 5.41) is 9.06. The lowest BCUT2D eigenvalue weighted by atomic mass is 9.92. The molecular formula is C18H25N3O3. The molecule has 2 aliphatic heterocycles. The molecule has 0 aliphatic carbocycles. The van der Waals surface area contributed by atoms with Crippen LogP contribution in [0.2, 0.25) is 0 Å². The number of anilines is 1. The number of aromatic nitrogens is 1. The molecule has 0 aromatic carbocycles. The van der Waals surface area contributed by atoms with Gasteiger partial charge in [0, 0.05) is 38.3 Å². The summed E-state index contributed by atoms with van der Waals surface area (Å²) in [7, 11) is 0. The van der Waals surface area contributed by atoms with Crippen LogP contribution < -0.4 is 4.90 Å². The molecule has 0 saturated carbocycles. The fraction of sp³-hybridized carbons (Fsp3) is 0.611. The van der Waals surface area contributed by atoms with Gasteiger partial charge in [-0.15, -0.1) is 0 Å². The van der Waals surface area contributed by atoms with Gasteiger partial charge in [0.2, 0.25) is 5.91 Å². The zero-order chi connectivity index (χ0) is 17.1. The maximum Gasteiger partial charge on any atom is 0.306 e. The third kappa shape index (κ3) is 3.52. The number of piperidine rings is 2. The fourth-order valence-electron chi connectivity index (χ4n) is 3.75. The van der Waals surface area contributed by atoms with Crippen molar-refractivity contribution >= 4 is 17.7 Å². The van der Waals surface area contributed by atoms with E-state index in [-0.39, 0.29) is 17.7 Å². The first-order valence-electron chi connectivity index (χ1n) is 8.74. The number of hydrogen-bond acceptors (Lipinski definition) is 4. The summed E-state index contributed by atoms with van der Waals surface area (Å²) in [5.41, 5.74) is 1.16. The lowest BCUT2D eigenvalue weighted by Crippen LogP contribution is -2.46. The average molecular weight is 331 g/mol. The van der Waals surface area contributed by atoms with E-state index in [0.717, 1.165) is 37.3 Å². The predicted molar refractivity (Wildman–Crippen MR) is 90.9 cm³/mol. The molecule has 6 nitrogen and oxygen atoms in total. The number of carbonyl (C=O) groups is 2. The van der Waals surface area contributed by atoms with E-state index in [1.807, 2.05) is 17.2 Å². The summed E-state index contributed by atoms with van der Waals surface area (Å²) < 4.78 is 0. The van der Waals surface area contributed by atoms with Crippen LogP contribution in [0.1, 0.15) is 31.2 Å². The number of nitrogens with zero attached hydrogens (tertiary/aromatic N) is 3. The van der Waals surface area contributed by atoms with Crippen molar-refractivity contribution in [3.8, 4) is 0 Å². The van der Waals surface area contributed by atoms with Crippen LogP contribution in [0.15, 0.2) is 18.3 Å². The Balaban J connectivity index is 1.52. The van der Waals surface area contributed by atoms with Crippen LogP contribution in [-0.4, -0.2) is 53.0 Å². The largest absolute Gasteiger partial charge is 0.481 e. The number of likely N-dealkylation sites (tertiary alicyclic amines) is 1. The maximum absolute atomic E-state index is 12.7. The third-order valence-electron chi connectivity index (χ3n) is 5.28. The second-order valence-electron chi connectivity index (χ2n) is 6.84. The molecule has 6 heteroatoms. The molecular weight excluding hydrogens is 306 g/mol. The van der Waals surface area contributed by atoms with Gasteiger partial charge in [0.1, 0.15) is 5.82 Å². The quantitative estimate of drug-likeness (QED) is 0.916. The van der Waals surface area contributed by atoms with E-state index in [4.69, 9.17) is 5.11 Å². The molecule has 130 valence electrons. The minimum absolute atomic E-state index is 0.0617. The summed E-state index contributed by atoms with van der Waals surface area (Å²) in [6.45, 7) is 4.91. The Morgan fingerprint density at radius 2 is 1.71 bits per heavy atom. The highest BCUT2D eigenvalue weighted by Crippen LogP contribution is 2.27.